The Labute approximate surface area is 151 Å². The van der Waals surface area contributed by atoms with Crippen molar-refractivity contribution in [3.05, 3.63) is 69.3 Å². The minimum absolute atomic E-state index is 0.0791. The number of benzene rings is 2. The molecule has 7 nitrogen and oxygen atoms in total. The van der Waals surface area contributed by atoms with E-state index >= 15 is 0 Å². The molecule has 0 aliphatic heterocycles. The number of rotatable bonds is 6. The predicted octanol–water partition coefficient (Wildman–Crippen LogP) is 3.82. The molecule has 0 aliphatic rings. The van der Waals surface area contributed by atoms with Crippen LogP contribution in [-0.2, 0) is 9.53 Å². The number of nitrogens with one attached hydrogen (secondary N) is 1. The van der Waals surface area contributed by atoms with E-state index in [0.29, 0.717) is 11.3 Å². The molecule has 0 aromatic heterocycles. The van der Waals surface area contributed by atoms with Crippen molar-refractivity contribution < 1.29 is 19.2 Å². The molecule has 0 radical (unpaired) electrons. The monoisotopic (exact) mass is 356 g/mol. The van der Waals surface area contributed by atoms with Crippen LogP contribution in [0.15, 0.2) is 42.5 Å². The second-order valence-corrected chi connectivity index (χ2v) is 6.12. The number of nitrogens with zero attached hydrogens (tertiary/aromatic N) is 1. The Morgan fingerprint density at radius 3 is 2.50 bits per heavy atom. The molecule has 0 saturated heterocycles. The van der Waals surface area contributed by atoms with Crippen molar-refractivity contribution in [2.75, 3.05) is 11.9 Å². The fraction of sp³-hybridized carbons (Fsp3) is 0.263. The number of nitro groups is 1. The van der Waals surface area contributed by atoms with Gasteiger partial charge in [0.2, 0.25) is 0 Å². The van der Waals surface area contributed by atoms with Crippen LogP contribution in [0.2, 0.25) is 0 Å². The lowest BCUT2D eigenvalue weighted by Crippen LogP contribution is -2.21. The van der Waals surface area contributed by atoms with E-state index in [1.54, 1.807) is 6.07 Å². The SMILES string of the molecule is Cc1cc(C(=O)OCC(=O)Nc2ccccc2C(C)C)ccc1[N+](=O)[O-]. The molecule has 2 rings (SSSR count). The summed E-state index contributed by atoms with van der Waals surface area (Å²) in [4.78, 5) is 34.4. The number of esters is 1. The number of ether oxygens (including phenoxy) is 1. The molecule has 0 heterocycles. The number of hydrogen-bond donors (Lipinski definition) is 1. The van der Waals surface area contributed by atoms with Gasteiger partial charge in [-0.25, -0.2) is 4.79 Å². The maximum atomic E-state index is 12.1. The van der Waals surface area contributed by atoms with Gasteiger partial charge in [-0.1, -0.05) is 32.0 Å². The minimum Gasteiger partial charge on any atom is -0.452 e. The van der Waals surface area contributed by atoms with E-state index in [1.807, 2.05) is 32.0 Å². The Hall–Kier alpha value is -3.22. The smallest absolute Gasteiger partial charge is 0.338 e. The second kappa shape index (κ2) is 8.24. The molecule has 7 heteroatoms. The number of nitro benzene ring substituents is 1. The van der Waals surface area contributed by atoms with Crippen molar-refractivity contribution in [1.29, 1.82) is 0 Å². The zero-order valence-electron chi connectivity index (χ0n) is 14.8. The quantitative estimate of drug-likeness (QED) is 0.482. The first kappa shape index (κ1) is 19.1. The Morgan fingerprint density at radius 1 is 1.19 bits per heavy atom. The van der Waals surface area contributed by atoms with E-state index in [1.165, 1.54) is 25.1 Å². The molecule has 0 saturated carbocycles. The summed E-state index contributed by atoms with van der Waals surface area (Å²) in [6.45, 7) is 5.12. The number of carbonyl (C=O) groups excluding carboxylic acids is 2. The molecule has 26 heavy (non-hydrogen) atoms. The van der Waals surface area contributed by atoms with E-state index in [2.05, 4.69) is 5.32 Å². The van der Waals surface area contributed by atoms with Gasteiger partial charge in [0.05, 0.1) is 10.5 Å². The molecule has 0 spiro atoms. The number of para-hydroxylation sites is 1. The highest BCUT2D eigenvalue weighted by Gasteiger charge is 2.16. The maximum absolute atomic E-state index is 12.1. The molecule has 2 aromatic rings. The van der Waals surface area contributed by atoms with Gasteiger partial charge in [0.15, 0.2) is 6.61 Å². The topological polar surface area (TPSA) is 98.5 Å². The highest BCUT2D eigenvalue weighted by Crippen LogP contribution is 2.23. The van der Waals surface area contributed by atoms with E-state index in [0.717, 1.165) is 5.56 Å². The van der Waals surface area contributed by atoms with Gasteiger partial charge < -0.3 is 10.1 Å². The number of hydrogen-bond acceptors (Lipinski definition) is 5. The summed E-state index contributed by atoms with van der Waals surface area (Å²) in [5, 5.41) is 13.5. The van der Waals surface area contributed by atoms with E-state index in [-0.39, 0.29) is 17.2 Å². The number of anilines is 1. The second-order valence-electron chi connectivity index (χ2n) is 6.12. The van der Waals surface area contributed by atoms with Crippen LogP contribution < -0.4 is 5.32 Å². The fourth-order valence-electron chi connectivity index (χ4n) is 2.50. The summed E-state index contributed by atoms with van der Waals surface area (Å²) in [6.07, 6.45) is 0. The summed E-state index contributed by atoms with van der Waals surface area (Å²) in [6, 6.07) is 11.3. The van der Waals surface area contributed by atoms with Gasteiger partial charge in [0.1, 0.15) is 0 Å². The van der Waals surface area contributed by atoms with Gasteiger partial charge in [-0.3, -0.25) is 14.9 Å². The van der Waals surface area contributed by atoms with Gasteiger partial charge in [0.25, 0.3) is 11.6 Å². The average molecular weight is 356 g/mol. The lowest BCUT2D eigenvalue weighted by atomic mass is 10.0. The molecule has 0 bridgehead atoms. The Morgan fingerprint density at radius 2 is 1.88 bits per heavy atom. The minimum atomic E-state index is -0.713. The first-order valence-corrected chi connectivity index (χ1v) is 8.10. The largest absolute Gasteiger partial charge is 0.452 e. The van der Waals surface area contributed by atoms with Crippen LogP contribution >= 0.6 is 0 Å². The molecular formula is C19H20N2O5. The summed E-state index contributed by atoms with van der Waals surface area (Å²) >= 11 is 0. The van der Waals surface area contributed by atoms with Crippen molar-refractivity contribution >= 4 is 23.3 Å². The number of aryl methyl sites for hydroxylation is 1. The van der Waals surface area contributed by atoms with Gasteiger partial charge in [-0.15, -0.1) is 0 Å². The van der Waals surface area contributed by atoms with Crippen molar-refractivity contribution in [1.82, 2.24) is 0 Å². The normalized spacial score (nSPS) is 10.5. The van der Waals surface area contributed by atoms with Gasteiger partial charge in [0, 0.05) is 17.3 Å². The lowest BCUT2D eigenvalue weighted by Gasteiger charge is -2.13. The van der Waals surface area contributed by atoms with Crippen molar-refractivity contribution in [2.45, 2.75) is 26.7 Å². The van der Waals surface area contributed by atoms with E-state index in [4.69, 9.17) is 4.74 Å². The predicted molar refractivity (Wildman–Crippen MR) is 97.3 cm³/mol. The van der Waals surface area contributed by atoms with Gasteiger partial charge >= 0.3 is 5.97 Å². The van der Waals surface area contributed by atoms with Crippen LogP contribution in [0, 0.1) is 17.0 Å². The Bertz CT molecular complexity index is 846. The molecule has 136 valence electrons. The molecule has 0 atom stereocenters. The Kier molecular flexibility index (Phi) is 6.06. The molecule has 0 unspecified atom stereocenters. The molecule has 0 fully saturated rings. The van der Waals surface area contributed by atoms with Crippen LogP contribution in [0.3, 0.4) is 0 Å². The first-order chi connectivity index (χ1) is 12.3. The van der Waals surface area contributed by atoms with Crippen molar-refractivity contribution in [3.8, 4) is 0 Å². The van der Waals surface area contributed by atoms with E-state index < -0.39 is 23.4 Å². The lowest BCUT2D eigenvalue weighted by molar-refractivity contribution is -0.385. The van der Waals surface area contributed by atoms with E-state index in [9.17, 15) is 19.7 Å². The standard InChI is InChI=1S/C19H20N2O5/c1-12(2)15-6-4-5-7-16(15)20-18(22)11-26-19(23)14-8-9-17(21(24)25)13(3)10-14/h4-10,12H,11H2,1-3H3,(H,20,22). The van der Waals surface area contributed by atoms with Gasteiger partial charge in [-0.05, 0) is 36.6 Å². The van der Waals surface area contributed by atoms with Crippen LogP contribution in [0.1, 0.15) is 41.3 Å². The van der Waals surface area contributed by atoms with Gasteiger partial charge in [-0.2, -0.15) is 0 Å². The summed E-state index contributed by atoms with van der Waals surface area (Å²) in [7, 11) is 0. The van der Waals surface area contributed by atoms with Crippen LogP contribution in [-0.4, -0.2) is 23.4 Å². The molecular weight excluding hydrogens is 336 g/mol. The van der Waals surface area contributed by atoms with Crippen molar-refractivity contribution in [3.63, 3.8) is 0 Å². The highest BCUT2D eigenvalue weighted by atomic mass is 16.6. The third-order valence-electron chi connectivity index (χ3n) is 3.82. The molecule has 0 aliphatic carbocycles. The fourth-order valence-corrected chi connectivity index (χ4v) is 2.50. The number of amides is 1. The zero-order valence-corrected chi connectivity index (χ0v) is 14.8. The van der Waals surface area contributed by atoms with Crippen LogP contribution in [0.25, 0.3) is 0 Å². The molecule has 1 N–H and O–H groups in total. The summed E-state index contributed by atoms with van der Waals surface area (Å²) in [5.74, 6) is -0.933. The molecule has 1 amide bonds. The van der Waals surface area contributed by atoms with Crippen molar-refractivity contribution in [2.24, 2.45) is 0 Å². The third kappa shape index (κ3) is 4.66. The van der Waals surface area contributed by atoms with Crippen LogP contribution in [0.4, 0.5) is 11.4 Å². The summed E-state index contributed by atoms with van der Waals surface area (Å²) in [5.41, 5.74) is 2.08. The first-order valence-electron chi connectivity index (χ1n) is 8.10. The molecule has 2 aromatic carbocycles. The third-order valence-corrected chi connectivity index (χ3v) is 3.82. The number of carbonyl (C=O) groups is 2. The Balaban J connectivity index is 1.98. The van der Waals surface area contributed by atoms with Crippen LogP contribution in [0.5, 0.6) is 0 Å². The average Bonchev–Trinajstić information content (AvgIpc) is 2.59. The maximum Gasteiger partial charge on any atom is 0.338 e. The highest BCUT2D eigenvalue weighted by molar-refractivity contribution is 5.96. The zero-order chi connectivity index (χ0) is 19.3. The summed E-state index contributed by atoms with van der Waals surface area (Å²) < 4.78 is 5.00.